The molecule has 0 radical (unpaired) electrons. The summed E-state index contributed by atoms with van der Waals surface area (Å²) in [6, 6.07) is 17.1. The molecule has 0 saturated carbocycles. The van der Waals surface area contributed by atoms with Gasteiger partial charge in [0, 0.05) is 19.1 Å². The number of hydrogen-bond donors (Lipinski definition) is 1. The maximum Gasteiger partial charge on any atom is 0.261 e. The molecule has 1 aliphatic heterocycles. The molecule has 0 fully saturated rings. The van der Waals surface area contributed by atoms with E-state index in [1.807, 2.05) is 39.0 Å². The third-order valence-corrected chi connectivity index (χ3v) is 5.30. The van der Waals surface area contributed by atoms with Gasteiger partial charge in [0.15, 0.2) is 6.10 Å². The van der Waals surface area contributed by atoms with Crippen LogP contribution in [0.15, 0.2) is 61.2 Å². The maximum absolute atomic E-state index is 12.4. The summed E-state index contributed by atoms with van der Waals surface area (Å²) < 4.78 is 6.12. The Balaban J connectivity index is 1.92. The number of fused-ring (bicyclic) bond motifs is 1. The van der Waals surface area contributed by atoms with Crippen LogP contribution in [0.4, 0.5) is 0 Å². The van der Waals surface area contributed by atoms with Crippen molar-refractivity contribution in [2.24, 2.45) is 0 Å². The molecule has 154 valence electrons. The Morgan fingerprint density at radius 2 is 2.03 bits per heavy atom. The highest BCUT2D eigenvalue weighted by Crippen LogP contribution is 2.37. The number of benzene rings is 2. The van der Waals surface area contributed by atoms with E-state index in [9.17, 15) is 4.79 Å². The van der Waals surface area contributed by atoms with Gasteiger partial charge in [0.05, 0.1) is 6.04 Å². The van der Waals surface area contributed by atoms with Gasteiger partial charge in [0.1, 0.15) is 5.75 Å². The van der Waals surface area contributed by atoms with Crippen molar-refractivity contribution >= 4 is 5.91 Å². The van der Waals surface area contributed by atoms with Gasteiger partial charge in [0.25, 0.3) is 5.91 Å². The lowest BCUT2D eigenvalue weighted by atomic mass is 9.88. The Hall–Kier alpha value is -2.59. The van der Waals surface area contributed by atoms with E-state index in [0.717, 1.165) is 25.3 Å². The Bertz CT molecular complexity index is 832. The maximum atomic E-state index is 12.4. The molecular weight excluding hydrogens is 360 g/mol. The quantitative estimate of drug-likeness (QED) is 0.673. The fourth-order valence-electron chi connectivity index (χ4n) is 3.97. The molecule has 0 unspecified atom stereocenters. The molecular formula is C25H32N2O2. The van der Waals surface area contributed by atoms with Crippen molar-refractivity contribution in [2.45, 2.75) is 51.8 Å². The van der Waals surface area contributed by atoms with Crippen molar-refractivity contribution < 1.29 is 9.53 Å². The smallest absolute Gasteiger partial charge is 0.261 e. The largest absolute Gasteiger partial charge is 0.481 e. The lowest BCUT2D eigenvalue weighted by Gasteiger charge is -2.37. The van der Waals surface area contributed by atoms with Gasteiger partial charge in [0.2, 0.25) is 0 Å². The Kier molecular flexibility index (Phi) is 7.10. The van der Waals surface area contributed by atoms with Crippen LogP contribution < -0.4 is 10.1 Å². The van der Waals surface area contributed by atoms with Crippen LogP contribution in [-0.2, 0) is 11.2 Å². The summed E-state index contributed by atoms with van der Waals surface area (Å²) in [4.78, 5) is 14.9. The van der Waals surface area contributed by atoms with E-state index < -0.39 is 6.10 Å². The van der Waals surface area contributed by atoms with Crippen molar-refractivity contribution in [1.29, 1.82) is 0 Å². The number of rotatable bonds is 8. The lowest BCUT2D eigenvalue weighted by molar-refractivity contribution is -0.128. The third kappa shape index (κ3) is 5.07. The summed E-state index contributed by atoms with van der Waals surface area (Å²) in [6.45, 7) is 11.7. The van der Waals surface area contributed by atoms with E-state index in [2.05, 4.69) is 53.2 Å². The van der Waals surface area contributed by atoms with E-state index >= 15 is 0 Å². The van der Waals surface area contributed by atoms with E-state index in [1.54, 1.807) is 0 Å². The second-order valence-electron chi connectivity index (χ2n) is 7.89. The molecule has 4 heteroatoms. The van der Waals surface area contributed by atoms with Crippen LogP contribution in [0.25, 0.3) is 0 Å². The summed E-state index contributed by atoms with van der Waals surface area (Å²) in [5.74, 6) is 0.684. The predicted octanol–water partition coefficient (Wildman–Crippen LogP) is 4.50. The normalized spacial score (nSPS) is 17.4. The van der Waals surface area contributed by atoms with Crippen LogP contribution in [0.5, 0.6) is 5.75 Å². The van der Waals surface area contributed by atoms with Crippen molar-refractivity contribution in [1.82, 2.24) is 10.2 Å². The molecule has 1 aliphatic rings. The van der Waals surface area contributed by atoms with Crippen LogP contribution in [0.2, 0.25) is 0 Å². The van der Waals surface area contributed by atoms with Gasteiger partial charge in [-0.1, -0.05) is 49.4 Å². The van der Waals surface area contributed by atoms with E-state index in [4.69, 9.17) is 4.74 Å². The first-order chi connectivity index (χ1) is 14.0. The predicted molar refractivity (Wildman–Crippen MR) is 118 cm³/mol. The highest BCUT2D eigenvalue weighted by atomic mass is 16.5. The van der Waals surface area contributed by atoms with Gasteiger partial charge in [-0.25, -0.2) is 0 Å². The number of nitrogens with zero attached hydrogens (tertiary/aromatic N) is 1. The minimum absolute atomic E-state index is 0.0619. The van der Waals surface area contributed by atoms with Crippen LogP contribution in [0.1, 0.15) is 49.9 Å². The number of carbonyl (C=O) groups excluding carboxylic acids is 1. The molecule has 2 aromatic rings. The molecule has 1 amide bonds. The number of amides is 1. The Morgan fingerprint density at radius 3 is 2.69 bits per heavy atom. The first-order valence-corrected chi connectivity index (χ1v) is 10.5. The zero-order valence-electron chi connectivity index (χ0n) is 17.7. The molecule has 0 saturated heterocycles. The van der Waals surface area contributed by atoms with Crippen molar-refractivity contribution in [3.63, 3.8) is 0 Å². The molecule has 1 N–H and O–H groups in total. The fraction of sp³-hybridized carbons (Fsp3) is 0.400. The van der Waals surface area contributed by atoms with E-state index in [-0.39, 0.29) is 18.0 Å². The van der Waals surface area contributed by atoms with Crippen LogP contribution in [0, 0.1) is 0 Å². The van der Waals surface area contributed by atoms with E-state index in [1.165, 1.54) is 16.7 Å². The zero-order chi connectivity index (χ0) is 20.8. The fourth-order valence-corrected chi connectivity index (χ4v) is 3.97. The van der Waals surface area contributed by atoms with Gasteiger partial charge in [-0.15, -0.1) is 6.58 Å². The number of hydrogen-bond acceptors (Lipinski definition) is 3. The molecule has 2 aromatic carbocycles. The number of nitrogens with one attached hydrogen (secondary N) is 1. The van der Waals surface area contributed by atoms with E-state index in [0.29, 0.717) is 6.42 Å². The van der Waals surface area contributed by atoms with Crippen LogP contribution >= 0.6 is 0 Å². The number of carbonyl (C=O) groups is 1. The first-order valence-electron chi connectivity index (χ1n) is 10.5. The summed E-state index contributed by atoms with van der Waals surface area (Å²) in [5, 5.41) is 2.95. The molecule has 1 heterocycles. The second kappa shape index (κ2) is 9.75. The summed E-state index contributed by atoms with van der Waals surface area (Å²) in [6.07, 6.45) is 3.10. The van der Waals surface area contributed by atoms with Gasteiger partial charge in [-0.05, 0) is 55.5 Å². The average molecular weight is 393 g/mol. The average Bonchev–Trinajstić information content (AvgIpc) is 2.72. The minimum atomic E-state index is -0.488. The van der Waals surface area contributed by atoms with Crippen LogP contribution in [-0.4, -0.2) is 36.0 Å². The van der Waals surface area contributed by atoms with Crippen molar-refractivity contribution in [3.05, 3.63) is 77.9 Å². The van der Waals surface area contributed by atoms with Gasteiger partial charge in [-0.2, -0.15) is 0 Å². The SMILES string of the molecule is C=CCN1CCc2ccc(O[C@@H](CC)C(=O)NC(C)C)cc2[C@@H]1c1ccccc1. The Morgan fingerprint density at radius 1 is 1.28 bits per heavy atom. The standard InChI is InChI=1S/C25H32N2O2/c1-5-15-27-16-14-19-12-13-21(29-23(6-2)25(28)26-18(3)4)17-22(19)24(27)20-10-8-7-9-11-20/h5,7-13,17-18,23-24H,1,6,14-16H2,2-4H3,(H,26,28)/t23-,24-/m0/s1. The molecule has 29 heavy (non-hydrogen) atoms. The summed E-state index contributed by atoms with van der Waals surface area (Å²) in [5.41, 5.74) is 3.85. The number of ether oxygens (including phenoxy) is 1. The minimum Gasteiger partial charge on any atom is -0.481 e. The van der Waals surface area contributed by atoms with Crippen LogP contribution in [0.3, 0.4) is 0 Å². The second-order valence-corrected chi connectivity index (χ2v) is 7.89. The van der Waals surface area contributed by atoms with Gasteiger partial charge >= 0.3 is 0 Å². The molecule has 0 aliphatic carbocycles. The monoisotopic (exact) mass is 392 g/mol. The molecule has 4 nitrogen and oxygen atoms in total. The van der Waals surface area contributed by atoms with Gasteiger partial charge < -0.3 is 10.1 Å². The first kappa shape index (κ1) is 21.1. The van der Waals surface area contributed by atoms with Crippen molar-refractivity contribution in [2.75, 3.05) is 13.1 Å². The molecule has 2 atom stereocenters. The molecule has 0 spiro atoms. The highest BCUT2D eigenvalue weighted by molar-refractivity contribution is 5.81. The third-order valence-electron chi connectivity index (χ3n) is 5.30. The summed E-state index contributed by atoms with van der Waals surface area (Å²) >= 11 is 0. The Labute approximate surface area is 174 Å². The highest BCUT2D eigenvalue weighted by Gasteiger charge is 2.29. The van der Waals surface area contributed by atoms with Crippen molar-refractivity contribution in [3.8, 4) is 5.75 Å². The molecule has 0 bridgehead atoms. The zero-order valence-corrected chi connectivity index (χ0v) is 17.7. The lowest BCUT2D eigenvalue weighted by Crippen LogP contribution is -2.41. The topological polar surface area (TPSA) is 41.6 Å². The molecule has 3 rings (SSSR count). The molecule has 0 aromatic heterocycles. The van der Waals surface area contributed by atoms with Gasteiger partial charge in [-0.3, -0.25) is 9.69 Å². The summed E-state index contributed by atoms with van der Waals surface area (Å²) in [7, 11) is 0.